The summed E-state index contributed by atoms with van der Waals surface area (Å²) in [4.78, 5) is 16.4. The molecule has 0 unspecified atom stereocenters. The van der Waals surface area contributed by atoms with Crippen LogP contribution in [-0.2, 0) is 11.2 Å². The lowest BCUT2D eigenvalue weighted by Crippen LogP contribution is -2.07. The lowest BCUT2D eigenvalue weighted by atomic mass is 10.2. The van der Waals surface area contributed by atoms with Gasteiger partial charge in [0.1, 0.15) is 0 Å². The lowest BCUT2D eigenvalue weighted by molar-refractivity contribution is -0.111. The van der Waals surface area contributed by atoms with E-state index in [2.05, 4.69) is 15.5 Å². The highest BCUT2D eigenvalue weighted by molar-refractivity contribution is 6.32. The van der Waals surface area contributed by atoms with Crippen molar-refractivity contribution in [2.45, 2.75) is 13.3 Å². The number of rotatable bonds is 5. The zero-order valence-corrected chi connectivity index (χ0v) is 14.3. The number of carbonyl (C=O) groups is 1. The number of aromatic nitrogens is 2. The largest absolute Gasteiger partial charge is 0.339 e. The summed E-state index contributed by atoms with van der Waals surface area (Å²) in [5.74, 6) is 0.825. The first-order chi connectivity index (χ1) is 12.2. The molecule has 0 fully saturated rings. The summed E-state index contributed by atoms with van der Waals surface area (Å²) in [6.45, 7) is 1.94. The van der Waals surface area contributed by atoms with Crippen LogP contribution in [0.3, 0.4) is 0 Å². The molecule has 0 aliphatic carbocycles. The van der Waals surface area contributed by atoms with Gasteiger partial charge in [-0.15, -0.1) is 0 Å². The van der Waals surface area contributed by atoms with Gasteiger partial charge in [0, 0.05) is 28.8 Å². The minimum atomic E-state index is -0.251. The monoisotopic (exact) mass is 353 g/mol. The van der Waals surface area contributed by atoms with E-state index >= 15 is 0 Å². The number of nitrogens with zero attached hydrogens (tertiary/aromatic N) is 2. The average molecular weight is 354 g/mol. The van der Waals surface area contributed by atoms with Gasteiger partial charge in [0.05, 0.1) is 0 Å². The van der Waals surface area contributed by atoms with E-state index < -0.39 is 0 Å². The molecule has 0 aliphatic rings. The second-order valence-corrected chi connectivity index (χ2v) is 5.70. The molecule has 126 valence electrons. The Morgan fingerprint density at radius 1 is 1.24 bits per heavy atom. The van der Waals surface area contributed by atoms with Crippen LogP contribution >= 0.6 is 11.6 Å². The van der Waals surface area contributed by atoms with Crippen molar-refractivity contribution >= 4 is 29.3 Å². The Hall–Kier alpha value is -2.92. The Morgan fingerprint density at radius 3 is 2.84 bits per heavy atom. The van der Waals surface area contributed by atoms with Crippen LogP contribution in [0.5, 0.6) is 0 Å². The highest BCUT2D eigenvalue weighted by Gasteiger charge is 2.08. The SMILES string of the molecule is CCc1nc(-c2cccc(NC(=O)C=Cc3ccccc3Cl)c2)no1. The second-order valence-electron chi connectivity index (χ2n) is 5.29. The van der Waals surface area contributed by atoms with Gasteiger partial charge in [-0.2, -0.15) is 4.98 Å². The Labute approximate surface area is 150 Å². The molecule has 3 aromatic rings. The molecule has 1 amide bonds. The van der Waals surface area contributed by atoms with Gasteiger partial charge in [0.15, 0.2) is 0 Å². The molecule has 1 N–H and O–H groups in total. The number of carbonyl (C=O) groups excluding carboxylic acids is 1. The second kappa shape index (κ2) is 7.77. The summed E-state index contributed by atoms with van der Waals surface area (Å²) in [7, 11) is 0. The number of hydrogen-bond acceptors (Lipinski definition) is 4. The number of nitrogens with one attached hydrogen (secondary N) is 1. The molecule has 0 radical (unpaired) electrons. The first kappa shape index (κ1) is 16.9. The third-order valence-corrected chi connectivity index (χ3v) is 3.82. The molecule has 1 heterocycles. The smallest absolute Gasteiger partial charge is 0.248 e. The molecule has 0 saturated heterocycles. The summed E-state index contributed by atoms with van der Waals surface area (Å²) < 4.78 is 5.12. The van der Waals surface area contributed by atoms with Gasteiger partial charge in [0.2, 0.25) is 17.6 Å². The summed E-state index contributed by atoms with van der Waals surface area (Å²) in [6.07, 6.45) is 3.79. The van der Waals surface area contributed by atoms with Gasteiger partial charge in [-0.25, -0.2) is 0 Å². The lowest BCUT2D eigenvalue weighted by Gasteiger charge is -2.03. The zero-order valence-electron chi connectivity index (χ0n) is 13.6. The molecule has 6 heteroatoms. The number of benzene rings is 2. The van der Waals surface area contributed by atoms with Gasteiger partial charge < -0.3 is 9.84 Å². The van der Waals surface area contributed by atoms with Crippen molar-refractivity contribution in [2.75, 3.05) is 5.32 Å². The summed E-state index contributed by atoms with van der Waals surface area (Å²) >= 11 is 6.06. The maximum atomic E-state index is 12.1. The van der Waals surface area contributed by atoms with E-state index in [9.17, 15) is 4.79 Å². The molecule has 25 heavy (non-hydrogen) atoms. The van der Waals surface area contributed by atoms with E-state index in [1.54, 1.807) is 24.3 Å². The van der Waals surface area contributed by atoms with E-state index in [1.165, 1.54) is 6.08 Å². The average Bonchev–Trinajstić information content (AvgIpc) is 3.10. The van der Waals surface area contributed by atoms with Crippen molar-refractivity contribution in [3.8, 4) is 11.4 Å². The summed E-state index contributed by atoms with van der Waals surface area (Å²) in [6, 6.07) is 14.6. The van der Waals surface area contributed by atoms with Crippen LogP contribution in [0.25, 0.3) is 17.5 Å². The Bertz CT molecular complexity index is 918. The maximum Gasteiger partial charge on any atom is 0.248 e. The highest BCUT2D eigenvalue weighted by Crippen LogP contribution is 2.20. The van der Waals surface area contributed by atoms with Crippen molar-refractivity contribution in [3.63, 3.8) is 0 Å². The van der Waals surface area contributed by atoms with Crippen LogP contribution < -0.4 is 5.32 Å². The normalized spacial score (nSPS) is 11.0. The standard InChI is InChI=1S/C19H16ClN3O2/c1-2-18-22-19(23-25-18)14-7-5-8-15(12-14)21-17(24)11-10-13-6-3-4-9-16(13)20/h3-12H,2H2,1H3,(H,21,24). The van der Waals surface area contributed by atoms with Gasteiger partial charge >= 0.3 is 0 Å². The van der Waals surface area contributed by atoms with Crippen LogP contribution in [0.4, 0.5) is 5.69 Å². The molecule has 5 nitrogen and oxygen atoms in total. The van der Waals surface area contributed by atoms with Gasteiger partial charge in [-0.1, -0.05) is 54.0 Å². The molecule has 2 aromatic carbocycles. The minimum Gasteiger partial charge on any atom is -0.339 e. The molecule has 1 aromatic heterocycles. The topological polar surface area (TPSA) is 68.0 Å². The molecule has 3 rings (SSSR count). The maximum absolute atomic E-state index is 12.1. The van der Waals surface area contributed by atoms with Crippen molar-refractivity contribution in [1.29, 1.82) is 0 Å². The van der Waals surface area contributed by atoms with E-state index in [-0.39, 0.29) is 5.91 Å². The number of hydrogen-bond donors (Lipinski definition) is 1. The van der Waals surface area contributed by atoms with E-state index in [0.29, 0.717) is 28.8 Å². The van der Waals surface area contributed by atoms with Crippen LogP contribution in [0.1, 0.15) is 18.4 Å². The fraction of sp³-hybridized carbons (Fsp3) is 0.105. The predicted octanol–water partition coefficient (Wildman–Crippen LogP) is 4.60. The quantitative estimate of drug-likeness (QED) is 0.680. The van der Waals surface area contributed by atoms with Gasteiger partial charge in [-0.05, 0) is 29.8 Å². The Balaban J connectivity index is 1.71. The molecule has 0 bridgehead atoms. The van der Waals surface area contributed by atoms with Crippen molar-refractivity contribution in [3.05, 3.63) is 71.1 Å². The Morgan fingerprint density at radius 2 is 2.08 bits per heavy atom. The molecule has 0 atom stereocenters. The zero-order chi connectivity index (χ0) is 17.6. The first-order valence-corrected chi connectivity index (χ1v) is 8.20. The third-order valence-electron chi connectivity index (χ3n) is 3.48. The molecular weight excluding hydrogens is 338 g/mol. The number of anilines is 1. The number of aryl methyl sites for hydroxylation is 1. The van der Waals surface area contributed by atoms with Crippen molar-refractivity contribution in [2.24, 2.45) is 0 Å². The first-order valence-electron chi connectivity index (χ1n) is 7.82. The molecule has 0 saturated carbocycles. The van der Waals surface area contributed by atoms with Crippen LogP contribution in [0.2, 0.25) is 5.02 Å². The van der Waals surface area contributed by atoms with Crippen molar-refractivity contribution in [1.82, 2.24) is 10.1 Å². The van der Waals surface area contributed by atoms with Crippen molar-refractivity contribution < 1.29 is 9.32 Å². The highest BCUT2D eigenvalue weighted by atomic mass is 35.5. The van der Waals surface area contributed by atoms with Crippen LogP contribution in [0, 0.1) is 0 Å². The van der Waals surface area contributed by atoms with E-state index in [1.807, 2.05) is 37.3 Å². The minimum absolute atomic E-state index is 0.251. The fourth-order valence-electron chi connectivity index (χ4n) is 2.21. The van der Waals surface area contributed by atoms with Crippen LogP contribution in [-0.4, -0.2) is 16.0 Å². The Kier molecular flexibility index (Phi) is 5.26. The summed E-state index contributed by atoms with van der Waals surface area (Å²) in [5.41, 5.74) is 2.21. The van der Waals surface area contributed by atoms with Crippen LogP contribution in [0.15, 0.2) is 59.1 Å². The number of amides is 1. The van der Waals surface area contributed by atoms with E-state index in [0.717, 1.165) is 11.1 Å². The van der Waals surface area contributed by atoms with Gasteiger partial charge in [0.25, 0.3) is 0 Å². The molecule has 0 spiro atoms. The predicted molar refractivity (Wildman–Crippen MR) is 98.2 cm³/mol. The fourth-order valence-corrected chi connectivity index (χ4v) is 2.41. The molecule has 0 aliphatic heterocycles. The third kappa shape index (κ3) is 4.33. The van der Waals surface area contributed by atoms with Gasteiger partial charge in [-0.3, -0.25) is 4.79 Å². The molecular formula is C19H16ClN3O2. The number of halogens is 1. The van der Waals surface area contributed by atoms with E-state index in [4.69, 9.17) is 16.1 Å². The summed E-state index contributed by atoms with van der Waals surface area (Å²) in [5, 5.41) is 7.34.